The van der Waals surface area contributed by atoms with Crippen LogP contribution in [0.1, 0.15) is 6.92 Å². The number of carbonyl (C=O) groups is 1. The fourth-order valence-corrected chi connectivity index (χ4v) is 0.718. The Morgan fingerprint density at radius 1 is 1.62 bits per heavy atom. The summed E-state index contributed by atoms with van der Waals surface area (Å²) in [5, 5.41) is 0. The second kappa shape index (κ2) is 5.09. The van der Waals surface area contributed by atoms with Crippen molar-refractivity contribution in [3.8, 4) is 0 Å². The molecule has 5 nitrogen and oxygen atoms in total. The monoisotopic (exact) mass is 206 g/mol. The summed E-state index contributed by atoms with van der Waals surface area (Å²) >= 11 is 0. The molecule has 0 heterocycles. The molecule has 0 saturated heterocycles. The third kappa shape index (κ3) is 7.62. The highest BCUT2D eigenvalue weighted by molar-refractivity contribution is 7.46. The van der Waals surface area contributed by atoms with Crippen LogP contribution in [-0.4, -0.2) is 22.2 Å². The lowest BCUT2D eigenvalue weighted by Gasteiger charge is -2.00. The minimum Gasteiger partial charge on any atom is -0.303 e. The summed E-state index contributed by atoms with van der Waals surface area (Å²) in [6.07, 6.45) is 2.37. The van der Waals surface area contributed by atoms with Gasteiger partial charge >= 0.3 is 7.82 Å². The van der Waals surface area contributed by atoms with Gasteiger partial charge < -0.3 is 9.79 Å². The van der Waals surface area contributed by atoms with Crippen LogP contribution in [0, 0.1) is 0 Å². The summed E-state index contributed by atoms with van der Waals surface area (Å²) in [6.45, 7) is 4.62. The standard InChI is InChI=1S/C7H11O5P/c1-6(2)7(8)4-3-5-12-13(9,10)11/h3-4H,1,5H2,2H3,(H2,9,10,11). The molecule has 0 fully saturated rings. The molecule has 0 bridgehead atoms. The quantitative estimate of drug-likeness (QED) is 0.513. The zero-order valence-electron chi connectivity index (χ0n) is 7.14. The molecule has 0 aromatic heterocycles. The molecule has 0 unspecified atom stereocenters. The zero-order chi connectivity index (χ0) is 10.5. The molecule has 0 saturated carbocycles. The van der Waals surface area contributed by atoms with Crippen molar-refractivity contribution in [3.05, 3.63) is 24.3 Å². The second-order valence-corrected chi connectivity index (χ2v) is 3.57. The van der Waals surface area contributed by atoms with Crippen molar-refractivity contribution in [1.82, 2.24) is 0 Å². The highest BCUT2D eigenvalue weighted by Gasteiger charge is 2.11. The number of phosphoric ester groups is 1. The summed E-state index contributed by atoms with van der Waals surface area (Å²) in [5.74, 6) is -0.297. The van der Waals surface area contributed by atoms with E-state index in [1.165, 1.54) is 13.0 Å². The molecular formula is C7H11O5P. The predicted molar refractivity (Wildman–Crippen MR) is 47.0 cm³/mol. The SMILES string of the molecule is C=C(C)C(=O)C=CCOP(=O)(O)O. The number of hydrogen-bond donors (Lipinski definition) is 2. The summed E-state index contributed by atoms with van der Waals surface area (Å²) in [4.78, 5) is 27.3. The normalized spacial score (nSPS) is 11.9. The minimum atomic E-state index is -4.43. The van der Waals surface area contributed by atoms with Crippen LogP contribution in [0.3, 0.4) is 0 Å². The van der Waals surface area contributed by atoms with Gasteiger partial charge in [-0.1, -0.05) is 12.7 Å². The first-order chi connectivity index (χ1) is 5.83. The number of rotatable bonds is 5. The number of hydrogen-bond acceptors (Lipinski definition) is 3. The maximum atomic E-state index is 10.8. The maximum Gasteiger partial charge on any atom is 0.469 e. The third-order valence-electron chi connectivity index (χ3n) is 1.03. The van der Waals surface area contributed by atoms with Gasteiger partial charge in [-0.3, -0.25) is 9.32 Å². The Morgan fingerprint density at radius 2 is 2.15 bits per heavy atom. The topological polar surface area (TPSA) is 83.8 Å². The first-order valence-electron chi connectivity index (χ1n) is 3.39. The lowest BCUT2D eigenvalue weighted by atomic mass is 10.2. The van der Waals surface area contributed by atoms with E-state index in [0.29, 0.717) is 5.57 Å². The van der Waals surface area contributed by atoms with Gasteiger partial charge in [0.15, 0.2) is 5.78 Å². The molecule has 0 spiro atoms. The Labute approximate surface area is 76.0 Å². The molecule has 2 N–H and O–H groups in total. The van der Waals surface area contributed by atoms with Crippen LogP contribution in [0.15, 0.2) is 24.3 Å². The van der Waals surface area contributed by atoms with E-state index in [9.17, 15) is 9.36 Å². The van der Waals surface area contributed by atoms with E-state index in [1.54, 1.807) is 0 Å². The van der Waals surface area contributed by atoms with E-state index in [2.05, 4.69) is 11.1 Å². The van der Waals surface area contributed by atoms with Gasteiger partial charge in [0.25, 0.3) is 0 Å². The Balaban J connectivity index is 3.84. The Bertz CT molecular complexity index is 275. The van der Waals surface area contributed by atoms with Gasteiger partial charge in [-0.2, -0.15) is 0 Å². The molecule has 0 amide bonds. The van der Waals surface area contributed by atoms with Gasteiger partial charge in [0.1, 0.15) is 0 Å². The van der Waals surface area contributed by atoms with E-state index < -0.39 is 7.82 Å². The fraction of sp³-hybridized carbons (Fsp3) is 0.286. The van der Waals surface area contributed by atoms with Crippen molar-refractivity contribution in [2.24, 2.45) is 0 Å². The summed E-state index contributed by atoms with van der Waals surface area (Å²) in [6, 6.07) is 0. The molecule has 74 valence electrons. The molecule has 0 aliphatic rings. The number of allylic oxidation sites excluding steroid dienone is 2. The largest absolute Gasteiger partial charge is 0.469 e. The van der Waals surface area contributed by atoms with Crippen LogP contribution < -0.4 is 0 Å². The van der Waals surface area contributed by atoms with Crippen molar-refractivity contribution < 1.29 is 23.7 Å². The second-order valence-electron chi connectivity index (χ2n) is 2.33. The van der Waals surface area contributed by atoms with Gasteiger partial charge in [0.2, 0.25) is 0 Å². The van der Waals surface area contributed by atoms with Crippen LogP contribution in [0.25, 0.3) is 0 Å². The first kappa shape index (κ1) is 12.3. The van der Waals surface area contributed by atoms with E-state index in [4.69, 9.17) is 9.79 Å². The summed E-state index contributed by atoms with van der Waals surface area (Å²) < 4.78 is 14.2. The third-order valence-corrected chi connectivity index (χ3v) is 1.51. The number of carbonyl (C=O) groups excluding carboxylic acids is 1. The lowest BCUT2D eigenvalue weighted by molar-refractivity contribution is -0.111. The van der Waals surface area contributed by atoms with Gasteiger partial charge in [-0.05, 0) is 18.6 Å². The van der Waals surface area contributed by atoms with Gasteiger partial charge in [-0.15, -0.1) is 0 Å². The Morgan fingerprint density at radius 3 is 2.54 bits per heavy atom. The molecule has 0 aliphatic heterocycles. The fourth-order valence-electron chi connectivity index (χ4n) is 0.438. The van der Waals surface area contributed by atoms with E-state index in [0.717, 1.165) is 6.08 Å². The van der Waals surface area contributed by atoms with E-state index in [-0.39, 0.29) is 12.4 Å². The minimum absolute atomic E-state index is 0.297. The van der Waals surface area contributed by atoms with Crippen LogP contribution in [0.2, 0.25) is 0 Å². The molecule has 0 rings (SSSR count). The number of phosphoric acid groups is 1. The van der Waals surface area contributed by atoms with Crippen molar-refractivity contribution in [3.63, 3.8) is 0 Å². The van der Waals surface area contributed by atoms with Crippen molar-refractivity contribution in [2.75, 3.05) is 6.61 Å². The first-order valence-corrected chi connectivity index (χ1v) is 4.92. The molecule has 0 radical (unpaired) electrons. The highest BCUT2D eigenvalue weighted by atomic mass is 31.2. The molecule has 0 atom stereocenters. The van der Waals surface area contributed by atoms with Crippen molar-refractivity contribution in [1.29, 1.82) is 0 Å². The maximum absolute atomic E-state index is 10.8. The van der Waals surface area contributed by atoms with Crippen molar-refractivity contribution in [2.45, 2.75) is 6.92 Å². The van der Waals surface area contributed by atoms with Gasteiger partial charge in [0.05, 0.1) is 6.61 Å². The molecule has 6 heteroatoms. The average Bonchev–Trinajstić information content (AvgIpc) is 1.95. The van der Waals surface area contributed by atoms with E-state index >= 15 is 0 Å². The Kier molecular flexibility index (Phi) is 4.80. The number of ketones is 1. The molecule has 0 aromatic carbocycles. The summed E-state index contributed by atoms with van der Waals surface area (Å²) in [5.41, 5.74) is 0.354. The molecular weight excluding hydrogens is 195 g/mol. The van der Waals surface area contributed by atoms with E-state index in [1.807, 2.05) is 0 Å². The molecule has 0 aromatic rings. The highest BCUT2D eigenvalue weighted by Crippen LogP contribution is 2.35. The van der Waals surface area contributed by atoms with Gasteiger partial charge in [-0.25, -0.2) is 4.57 Å². The van der Waals surface area contributed by atoms with Crippen LogP contribution in [-0.2, 0) is 13.9 Å². The van der Waals surface area contributed by atoms with Crippen molar-refractivity contribution >= 4 is 13.6 Å². The lowest BCUT2D eigenvalue weighted by Crippen LogP contribution is -1.94. The zero-order valence-corrected chi connectivity index (χ0v) is 8.03. The average molecular weight is 206 g/mol. The van der Waals surface area contributed by atoms with Gasteiger partial charge in [0, 0.05) is 0 Å². The van der Waals surface area contributed by atoms with Crippen LogP contribution in [0.4, 0.5) is 0 Å². The van der Waals surface area contributed by atoms with Crippen LogP contribution >= 0.6 is 7.82 Å². The Hall–Kier alpha value is -0.740. The van der Waals surface area contributed by atoms with Crippen LogP contribution in [0.5, 0.6) is 0 Å². The summed E-state index contributed by atoms with van der Waals surface area (Å²) in [7, 11) is -4.43. The molecule has 13 heavy (non-hydrogen) atoms. The predicted octanol–water partition coefficient (Wildman–Crippen LogP) is 0.797. The molecule has 0 aliphatic carbocycles. The smallest absolute Gasteiger partial charge is 0.303 e.